The largest absolute Gasteiger partial charge is 0.444 e. The quantitative estimate of drug-likeness (QED) is 0.478. The molecule has 1 aromatic heterocycles. The summed E-state index contributed by atoms with van der Waals surface area (Å²) in [7, 11) is 0. The number of halogens is 3. The van der Waals surface area contributed by atoms with Gasteiger partial charge in [-0.25, -0.2) is 13.6 Å². The van der Waals surface area contributed by atoms with E-state index in [1.165, 1.54) is 0 Å². The molecule has 1 saturated carbocycles. The number of aromatic nitrogens is 1. The van der Waals surface area contributed by atoms with Crippen LogP contribution in [0.1, 0.15) is 76.1 Å². The van der Waals surface area contributed by atoms with Gasteiger partial charge in [0.15, 0.2) is 0 Å². The molecule has 1 atom stereocenters. The van der Waals surface area contributed by atoms with Gasteiger partial charge < -0.3 is 19.5 Å². The van der Waals surface area contributed by atoms with Gasteiger partial charge in [0.1, 0.15) is 5.60 Å². The second-order valence-electron chi connectivity index (χ2n) is 11.2. The average molecular weight is 524 g/mol. The van der Waals surface area contributed by atoms with E-state index in [1.807, 2.05) is 37.5 Å². The van der Waals surface area contributed by atoms with E-state index in [0.29, 0.717) is 48.4 Å². The SMILES string of the molecule is CC(C)(C)OC(=O)N1CCCCC1Cn1cc(C(=O)NCC2CCC(F)(F)CC2)c2c(Cl)cccc21. The summed E-state index contributed by atoms with van der Waals surface area (Å²) in [6.45, 7) is 7.08. The Morgan fingerprint density at radius 3 is 2.58 bits per heavy atom. The number of amides is 2. The van der Waals surface area contributed by atoms with Gasteiger partial charge in [0.25, 0.3) is 5.91 Å². The summed E-state index contributed by atoms with van der Waals surface area (Å²) in [5.41, 5.74) is 0.697. The topological polar surface area (TPSA) is 63.6 Å². The molecule has 1 aliphatic heterocycles. The van der Waals surface area contributed by atoms with Gasteiger partial charge in [-0.3, -0.25) is 4.79 Å². The Bertz CT molecular complexity index is 1100. The number of ether oxygens (including phenoxy) is 1. The van der Waals surface area contributed by atoms with Crippen LogP contribution in [-0.2, 0) is 11.3 Å². The Labute approximate surface area is 216 Å². The van der Waals surface area contributed by atoms with Gasteiger partial charge in [-0.2, -0.15) is 0 Å². The highest BCUT2D eigenvalue weighted by Gasteiger charge is 2.35. The number of rotatable bonds is 5. The molecule has 1 aromatic carbocycles. The summed E-state index contributed by atoms with van der Waals surface area (Å²) in [5.74, 6) is -2.81. The Morgan fingerprint density at radius 2 is 1.89 bits per heavy atom. The van der Waals surface area contributed by atoms with E-state index >= 15 is 0 Å². The Morgan fingerprint density at radius 1 is 1.17 bits per heavy atom. The molecule has 2 heterocycles. The van der Waals surface area contributed by atoms with E-state index in [-0.39, 0.29) is 36.8 Å². The van der Waals surface area contributed by atoms with Crippen LogP contribution in [0.4, 0.5) is 13.6 Å². The van der Waals surface area contributed by atoms with Gasteiger partial charge in [0.05, 0.1) is 22.1 Å². The van der Waals surface area contributed by atoms with Crippen molar-refractivity contribution >= 4 is 34.5 Å². The Balaban J connectivity index is 1.52. The molecular formula is C27H36ClF2N3O3. The van der Waals surface area contributed by atoms with E-state index in [1.54, 1.807) is 17.2 Å². The predicted molar refractivity (Wildman–Crippen MR) is 137 cm³/mol. The molecule has 1 N–H and O–H groups in total. The number of hydrogen-bond donors (Lipinski definition) is 1. The van der Waals surface area contributed by atoms with Crippen LogP contribution < -0.4 is 5.32 Å². The van der Waals surface area contributed by atoms with Gasteiger partial charge in [-0.05, 0) is 70.9 Å². The first-order chi connectivity index (χ1) is 16.9. The summed E-state index contributed by atoms with van der Waals surface area (Å²) < 4.78 is 34.6. The van der Waals surface area contributed by atoms with Gasteiger partial charge in [0, 0.05) is 44.1 Å². The summed E-state index contributed by atoms with van der Waals surface area (Å²) in [6, 6.07) is 5.45. The lowest BCUT2D eigenvalue weighted by atomic mass is 9.87. The van der Waals surface area contributed by atoms with E-state index in [2.05, 4.69) is 5.32 Å². The molecule has 4 rings (SSSR count). The van der Waals surface area contributed by atoms with E-state index in [4.69, 9.17) is 16.3 Å². The minimum atomic E-state index is -2.59. The van der Waals surface area contributed by atoms with Crippen LogP contribution in [0.25, 0.3) is 10.9 Å². The highest BCUT2D eigenvalue weighted by molar-refractivity contribution is 6.36. The number of hydrogen-bond acceptors (Lipinski definition) is 3. The van der Waals surface area contributed by atoms with Crippen LogP contribution in [0.2, 0.25) is 5.02 Å². The van der Waals surface area contributed by atoms with Crippen LogP contribution in [0.15, 0.2) is 24.4 Å². The molecule has 9 heteroatoms. The van der Waals surface area contributed by atoms with Gasteiger partial charge >= 0.3 is 6.09 Å². The van der Waals surface area contributed by atoms with E-state index < -0.39 is 11.5 Å². The van der Waals surface area contributed by atoms with Crippen molar-refractivity contribution in [3.8, 4) is 0 Å². The van der Waals surface area contributed by atoms with Crippen LogP contribution in [0, 0.1) is 5.92 Å². The molecule has 1 saturated heterocycles. The van der Waals surface area contributed by atoms with Crippen molar-refractivity contribution in [1.29, 1.82) is 0 Å². The summed E-state index contributed by atoms with van der Waals surface area (Å²) in [4.78, 5) is 27.9. The van der Waals surface area contributed by atoms with Crippen molar-refractivity contribution in [2.24, 2.45) is 5.92 Å². The smallest absolute Gasteiger partial charge is 0.410 e. The fourth-order valence-electron chi connectivity index (χ4n) is 5.25. The number of carbonyl (C=O) groups excluding carboxylic acids is 2. The molecule has 2 fully saturated rings. The highest BCUT2D eigenvalue weighted by Crippen LogP contribution is 2.36. The number of carbonyl (C=O) groups is 2. The number of benzene rings is 1. The second-order valence-corrected chi connectivity index (χ2v) is 11.6. The van der Waals surface area contributed by atoms with Gasteiger partial charge in [-0.1, -0.05) is 17.7 Å². The first-order valence-electron chi connectivity index (χ1n) is 12.9. The first-order valence-corrected chi connectivity index (χ1v) is 13.2. The minimum Gasteiger partial charge on any atom is -0.444 e. The molecule has 198 valence electrons. The van der Waals surface area contributed by atoms with Crippen molar-refractivity contribution < 1.29 is 23.1 Å². The predicted octanol–water partition coefficient (Wildman–Crippen LogP) is 6.64. The second kappa shape index (κ2) is 10.6. The molecule has 0 bridgehead atoms. The van der Waals surface area contributed by atoms with Crippen LogP contribution in [0.3, 0.4) is 0 Å². The van der Waals surface area contributed by atoms with Crippen molar-refractivity contribution in [2.45, 2.75) is 89.8 Å². The number of nitrogens with one attached hydrogen (secondary N) is 1. The zero-order chi connectivity index (χ0) is 26.1. The molecule has 1 unspecified atom stereocenters. The Kier molecular flexibility index (Phi) is 7.83. The zero-order valence-electron chi connectivity index (χ0n) is 21.3. The van der Waals surface area contributed by atoms with Crippen LogP contribution in [-0.4, -0.2) is 52.1 Å². The van der Waals surface area contributed by atoms with Crippen molar-refractivity contribution in [2.75, 3.05) is 13.1 Å². The molecule has 0 radical (unpaired) electrons. The van der Waals surface area contributed by atoms with Crippen molar-refractivity contribution in [3.63, 3.8) is 0 Å². The molecular weight excluding hydrogens is 488 g/mol. The molecule has 2 aromatic rings. The molecule has 0 spiro atoms. The van der Waals surface area contributed by atoms with Crippen LogP contribution in [0.5, 0.6) is 0 Å². The summed E-state index contributed by atoms with van der Waals surface area (Å²) in [5, 5.41) is 4.08. The zero-order valence-corrected chi connectivity index (χ0v) is 22.0. The number of likely N-dealkylation sites (tertiary alicyclic amines) is 1. The maximum Gasteiger partial charge on any atom is 0.410 e. The fraction of sp³-hybridized carbons (Fsp3) is 0.630. The first kappa shape index (κ1) is 26.7. The van der Waals surface area contributed by atoms with E-state index in [0.717, 1.165) is 24.8 Å². The lowest BCUT2D eigenvalue weighted by molar-refractivity contribution is -0.0452. The number of nitrogens with zero attached hydrogens (tertiary/aromatic N) is 2. The number of fused-ring (bicyclic) bond motifs is 1. The molecule has 2 aliphatic rings. The molecule has 2 amide bonds. The fourth-order valence-corrected chi connectivity index (χ4v) is 5.52. The third-order valence-corrected chi connectivity index (χ3v) is 7.47. The molecule has 36 heavy (non-hydrogen) atoms. The molecule has 1 aliphatic carbocycles. The maximum absolute atomic E-state index is 13.5. The van der Waals surface area contributed by atoms with Gasteiger partial charge in [-0.15, -0.1) is 0 Å². The number of piperidine rings is 1. The average Bonchev–Trinajstić information content (AvgIpc) is 3.17. The van der Waals surface area contributed by atoms with Crippen molar-refractivity contribution in [1.82, 2.24) is 14.8 Å². The Hall–Kier alpha value is -2.35. The van der Waals surface area contributed by atoms with Gasteiger partial charge in [0.2, 0.25) is 5.92 Å². The molecule has 6 nitrogen and oxygen atoms in total. The summed E-state index contributed by atoms with van der Waals surface area (Å²) >= 11 is 6.53. The maximum atomic E-state index is 13.5. The number of alkyl halides is 2. The normalized spacial score (nSPS) is 20.9. The minimum absolute atomic E-state index is 0.0435. The lowest BCUT2D eigenvalue weighted by Gasteiger charge is -2.37. The third-order valence-electron chi connectivity index (χ3n) is 7.15. The van der Waals surface area contributed by atoms with Crippen molar-refractivity contribution in [3.05, 3.63) is 35.0 Å². The standard InChI is InChI=1S/C27H36ClF2N3O3/c1-26(2,3)36-25(35)33-14-5-4-7-19(33)16-32-17-20(23-21(28)8-6-9-22(23)32)24(34)31-15-18-10-12-27(29,30)13-11-18/h6,8-9,17-19H,4-5,7,10-16H2,1-3H3,(H,31,34). The van der Waals surface area contributed by atoms with Crippen LogP contribution >= 0.6 is 11.6 Å². The highest BCUT2D eigenvalue weighted by atomic mass is 35.5. The summed E-state index contributed by atoms with van der Waals surface area (Å²) in [6.07, 6.45) is 4.79. The lowest BCUT2D eigenvalue weighted by Crippen LogP contribution is -2.47. The third kappa shape index (κ3) is 6.31. The monoisotopic (exact) mass is 523 g/mol. The van der Waals surface area contributed by atoms with E-state index in [9.17, 15) is 18.4 Å².